The number of primary amides is 1. The van der Waals surface area contributed by atoms with Crippen LogP contribution in [0.15, 0.2) is 11.4 Å². The summed E-state index contributed by atoms with van der Waals surface area (Å²) in [6.07, 6.45) is 0. The molecule has 6 heteroatoms. The van der Waals surface area contributed by atoms with Crippen molar-refractivity contribution in [2.75, 3.05) is 0 Å². The Morgan fingerprint density at radius 3 is 2.87 bits per heavy atom. The van der Waals surface area contributed by atoms with Gasteiger partial charge in [0.2, 0.25) is 5.91 Å². The fourth-order valence-electron chi connectivity index (χ4n) is 1.03. The molecule has 4 N–H and O–H groups in total. The van der Waals surface area contributed by atoms with Gasteiger partial charge in [0.1, 0.15) is 4.88 Å². The third-order valence-electron chi connectivity index (χ3n) is 1.97. The van der Waals surface area contributed by atoms with Gasteiger partial charge in [-0.05, 0) is 23.9 Å². The number of carboxylic acids is 1. The fourth-order valence-corrected chi connectivity index (χ4v) is 1.79. The lowest BCUT2D eigenvalue weighted by Crippen LogP contribution is -2.38. The third-order valence-corrected chi connectivity index (χ3v) is 2.91. The van der Waals surface area contributed by atoms with Gasteiger partial charge in [0.15, 0.2) is 0 Å². The summed E-state index contributed by atoms with van der Waals surface area (Å²) in [6, 6.07) is 1.25. The highest BCUT2D eigenvalue weighted by Gasteiger charge is 2.13. The van der Waals surface area contributed by atoms with Crippen LogP contribution < -0.4 is 11.1 Å². The molecule has 0 fully saturated rings. The topological polar surface area (TPSA) is 92.4 Å². The van der Waals surface area contributed by atoms with Gasteiger partial charge in [-0.3, -0.25) is 4.79 Å². The molecule has 1 aromatic heterocycles. The van der Waals surface area contributed by atoms with E-state index in [9.17, 15) is 9.59 Å². The highest BCUT2D eigenvalue weighted by Crippen LogP contribution is 2.16. The molecule has 5 nitrogen and oxygen atoms in total. The van der Waals surface area contributed by atoms with E-state index in [-0.39, 0.29) is 0 Å². The Labute approximate surface area is 90.9 Å². The minimum Gasteiger partial charge on any atom is -0.477 e. The molecule has 0 bridgehead atoms. The normalized spacial score (nSPS) is 12.3. The molecule has 0 spiro atoms. The van der Waals surface area contributed by atoms with Crippen LogP contribution in [0.5, 0.6) is 0 Å². The number of nitrogens with two attached hydrogens (primary N) is 1. The van der Waals surface area contributed by atoms with Crippen molar-refractivity contribution >= 4 is 23.2 Å². The van der Waals surface area contributed by atoms with E-state index in [4.69, 9.17) is 10.8 Å². The van der Waals surface area contributed by atoms with E-state index < -0.39 is 17.9 Å². The summed E-state index contributed by atoms with van der Waals surface area (Å²) in [4.78, 5) is 21.8. The monoisotopic (exact) mass is 228 g/mol. The average molecular weight is 228 g/mol. The van der Waals surface area contributed by atoms with Gasteiger partial charge < -0.3 is 16.2 Å². The fraction of sp³-hybridized carbons (Fsp3) is 0.333. The van der Waals surface area contributed by atoms with Crippen molar-refractivity contribution in [1.82, 2.24) is 5.32 Å². The van der Waals surface area contributed by atoms with Crippen molar-refractivity contribution in [2.24, 2.45) is 5.73 Å². The number of carbonyl (C=O) groups is 2. The molecule has 1 atom stereocenters. The number of carbonyl (C=O) groups excluding carboxylic acids is 1. The largest absolute Gasteiger partial charge is 0.477 e. The maximum atomic E-state index is 10.8. The first kappa shape index (κ1) is 11.7. The molecule has 1 rings (SSSR count). The summed E-state index contributed by atoms with van der Waals surface area (Å²) in [7, 11) is 0. The maximum absolute atomic E-state index is 10.8. The molecule has 1 aromatic rings. The van der Waals surface area contributed by atoms with Crippen LogP contribution in [0.2, 0.25) is 0 Å². The molecular formula is C9H12N2O3S. The first-order chi connectivity index (χ1) is 7.02. The molecule has 0 aliphatic carbocycles. The quantitative estimate of drug-likeness (QED) is 0.680. The van der Waals surface area contributed by atoms with Crippen molar-refractivity contribution < 1.29 is 14.7 Å². The Balaban J connectivity index is 2.61. The van der Waals surface area contributed by atoms with Crippen molar-refractivity contribution in [3.8, 4) is 0 Å². The molecule has 15 heavy (non-hydrogen) atoms. The summed E-state index contributed by atoms with van der Waals surface area (Å²) >= 11 is 1.16. The van der Waals surface area contributed by atoms with Gasteiger partial charge >= 0.3 is 5.97 Å². The van der Waals surface area contributed by atoms with Crippen LogP contribution in [0.1, 0.15) is 22.2 Å². The van der Waals surface area contributed by atoms with Gasteiger partial charge in [-0.1, -0.05) is 0 Å². The smallest absolute Gasteiger partial charge is 0.346 e. The Bertz CT molecular complexity index is 375. The lowest BCUT2D eigenvalue weighted by atomic mass is 10.2. The van der Waals surface area contributed by atoms with Gasteiger partial charge in [0.05, 0.1) is 6.04 Å². The van der Waals surface area contributed by atoms with Gasteiger partial charge in [-0.2, -0.15) is 0 Å². The number of amides is 1. The number of aromatic carboxylic acids is 1. The van der Waals surface area contributed by atoms with Crippen molar-refractivity contribution in [1.29, 1.82) is 0 Å². The second-order valence-electron chi connectivity index (χ2n) is 3.09. The zero-order chi connectivity index (χ0) is 11.4. The summed E-state index contributed by atoms with van der Waals surface area (Å²) in [6.45, 7) is 1.96. The summed E-state index contributed by atoms with van der Waals surface area (Å²) in [5, 5.41) is 13.4. The zero-order valence-electron chi connectivity index (χ0n) is 8.19. The van der Waals surface area contributed by atoms with Crippen LogP contribution >= 0.6 is 11.3 Å². The molecule has 0 saturated carbocycles. The second-order valence-corrected chi connectivity index (χ2v) is 4.00. The molecule has 0 aliphatic rings. The van der Waals surface area contributed by atoms with E-state index in [1.54, 1.807) is 18.4 Å². The van der Waals surface area contributed by atoms with Crippen LogP contribution in [-0.4, -0.2) is 23.0 Å². The van der Waals surface area contributed by atoms with E-state index in [1.807, 2.05) is 0 Å². The predicted octanol–water partition coefficient (Wildman–Crippen LogP) is 0.410. The minimum atomic E-state index is -0.950. The molecule has 82 valence electrons. The number of nitrogens with one attached hydrogen (secondary N) is 1. The number of hydrogen-bond donors (Lipinski definition) is 3. The van der Waals surface area contributed by atoms with Gasteiger partial charge in [-0.25, -0.2) is 4.79 Å². The molecule has 0 saturated heterocycles. The first-order valence-electron chi connectivity index (χ1n) is 4.34. The van der Waals surface area contributed by atoms with Crippen LogP contribution in [0.25, 0.3) is 0 Å². The Morgan fingerprint density at radius 1 is 1.67 bits per heavy atom. The summed E-state index contributed by atoms with van der Waals surface area (Å²) < 4.78 is 0. The van der Waals surface area contributed by atoms with Crippen molar-refractivity contribution in [3.63, 3.8) is 0 Å². The number of hydrogen-bond acceptors (Lipinski definition) is 4. The average Bonchev–Trinajstić information content (AvgIpc) is 2.61. The lowest BCUT2D eigenvalue weighted by Gasteiger charge is -2.09. The van der Waals surface area contributed by atoms with Crippen molar-refractivity contribution in [2.45, 2.75) is 19.5 Å². The molecule has 1 unspecified atom stereocenters. The summed E-state index contributed by atoms with van der Waals surface area (Å²) in [5.41, 5.74) is 5.73. The predicted molar refractivity (Wildman–Crippen MR) is 56.8 cm³/mol. The van der Waals surface area contributed by atoms with E-state index in [1.165, 1.54) is 0 Å². The van der Waals surface area contributed by atoms with Crippen LogP contribution in [0.3, 0.4) is 0 Å². The van der Waals surface area contributed by atoms with Gasteiger partial charge in [-0.15, -0.1) is 11.3 Å². The van der Waals surface area contributed by atoms with Crippen LogP contribution in [0.4, 0.5) is 0 Å². The van der Waals surface area contributed by atoms with Crippen LogP contribution in [0, 0.1) is 0 Å². The van der Waals surface area contributed by atoms with Crippen molar-refractivity contribution in [3.05, 3.63) is 21.9 Å². The molecule has 1 amide bonds. The molecule has 0 aromatic carbocycles. The van der Waals surface area contributed by atoms with Crippen LogP contribution in [-0.2, 0) is 11.3 Å². The minimum absolute atomic E-state index is 0.291. The molecule has 1 heterocycles. The SMILES string of the molecule is CC(NCc1ccsc1C(=O)O)C(N)=O. The van der Waals surface area contributed by atoms with E-state index in [2.05, 4.69) is 5.32 Å². The number of thiophene rings is 1. The third kappa shape index (κ3) is 3.03. The van der Waals surface area contributed by atoms with E-state index in [0.717, 1.165) is 11.3 Å². The Hall–Kier alpha value is -1.40. The first-order valence-corrected chi connectivity index (χ1v) is 5.22. The van der Waals surface area contributed by atoms with E-state index >= 15 is 0 Å². The molecule has 0 radical (unpaired) electrons. The highest BCUT2D eigenvalue weighted by molar-refractivity contribution is 7.12. The maximum Gasteiger partial charge on any atom is 0.346 e. The second kappa shape index (κ2) is 4.90. The lowest BCUT2D eigenvalue weighted by molar-refractivity contribution is -0.119. The molecular weight excluding hydrogens is 216 g/mol. The van der Waals surface area contributed by atoms with Gasteiger partial charge in [0, 0.05) is 6.54 Å². The highest BCUT2D eigenvalue weighted by atomic mass is 32.1. The zero-order valence-corrected chi connectivity index (χ0v) is 9.00. The molecule has 0 aliphatic heterocycles. The number of rotatable bonds is 5. The number of carboxylic acid groups (broad SMARTS) is 1. The summed E-state index contributed by atoms with van der Waals surface area (Å²) in [5.74, 6) is -1.41. The Morgan fingerprint density at radius 2 is 2.33 bits per heavy atom. The van der Waals surface area contributed by atoms with E-state index in [0.29, 0.717) is 17.0 Å². The standard InChI is InChI=1S/C9H12N2O3S/c1-5(8(10)12)11-4-6-2-3-15-7(6)9(13)14/h2-3,5,11H,4H2,1H3,(H2,10,12)(H,13,14). The van der Waals surface area contributed by atoms with Gasteiger partial charge in [0.25, 0.3) is 0 Å². The Kier molecular flexibility index (Phi) is 3.81.